The van der Waals surface area contributed by atoms with Crippen molar-refractivity contribution < 1.29 is 38.5 Å². The summed E-state index contributed by atoms with van der Waals surface area (Å²) in [5.74, 6) is -1.39. The van der Waals surface area contributed by atoms with Crippen molar-refractivity contribution in [1.82, 2.24) is 15.5 Å². The summed E-state index contributed by atoms with van der Waals surface area (Å²) in [6.45, 7) is 0.131. The fraction of sp³-hybridized carbons (Fsp3) is 0.440. The van der Waals surface area contributed by atoms with E-state index in [9.17, 15) is 19.2 Å². The van der Waals surface area contributed by atoms with Gasteiger partial charge in [0.05, 0.1) is 12.2 Å². The van der Waals surface area contributed by atoms with Crippen molar-refractivity contribution in [1.29, 1.82) is 0 Å². The number of aliphatic hydroxyl groups excluding tert-OH is 1. The number of carbonyl (C=O) groups excluding carboxylic acids is 4. The van der Waals surface area contributed by atoms with E-state index in [0.717, 1.165) is 5.56 Å². The Balaban J connectivity index is 1.58. The molecule has 1 fully saturated rings. The SMILES string of the molecule is CN(C)C(=O)C=Cc1ccc(C(=O)OC2CC(C(=O)NCCC(=O)NCCO)=CC3OCOC32)cc1. The molecule has 1 saturated heterocycles. The Bertz CT molecular complexity index is 1020. The molecule has 1 aliphatic heterocycles. The number of benzene rings is 1. The third-order valence-electron chi connectivity index (χ3n) is 5.62. The molecule has 3 rings (SSSR count). The number of esters is 1. The number of nitrogens with zero attached hydrogens (tertiary/aromatic N) is 1. The third-order valence-corrected chi connectivity index (χ3v) is 5.62. The molecular weight excluding hydrogens is 470 g/mol. The van der Waals surface area contributed by atoms with Crippen molar-refractivity contribution in [2.45, 2.75) is 31.2 Å². The van der Waals surface area contributed by atoms with Crippen LogP contribution in [0.5, 0.6) is 0 Å². The van der Waals surface area contributed by atoms with E-state index in [2.05, 4.69) is 10.6 Å². The zero-order chi connectivity index (χ0) is 26.1. The highest BCUT2D eigenvalue weighted by Gasteiger charge is 2.42. The summed E-state index contributed by atoms with van der Waals surface area (Å²) in [4.78, 5) is 50.2. The Morgan fingerprint density at radius 1 is 1.11 bits per heavy atom. The standard InChI is InChI=1S/C25H31N3O8/c1-28(2)22(31)8-5-16-3-6-17(7-4-16)25(33)36-20-14-18(13-19-23(20)35-15-34-19)24(32)27-10-9-21(30)26-11-12-29/h3-8,13,19-20,23,29H,9-12,14-15H2,1-2H3,(H,26,30)(H,27,32). The molecule has 11 nitrogen and oxygen atoms in total. The molecule has 0 bridgehead atoms. The van der Waals surface area contributed by atoms with Crippen molar-refractivity contribution in [3.8, 4) is 0 Å². The van der Waals surface area contributed by atoms with Gasteiger partial charge in [0, 0.05) is 51.7 Å². The van der Waals surface area contributed by atoms with Crippen LogP contribution in [0.25, 0.3) is 6.08 Å². The maximum absolute atomic E-state index is 12.8. The van der Waals surface area contributed by atoms with E-state index in [-0.39, 0.29) is 57.1 Å². The second-order valence-corrected chi connectivity index (χ2v) is 8.49. The molecule has 36 heavy (non-hydrogen) atoms. The fourth-order valence-corrected chi connectivity index (χ4v) is 3.66. The van der Waals surface area contributed by atoms with Crippen LogP contribution in [0.2, 0.25) is 0 Å². The molecule has 3 atom stereocenters. The number of carbonyl (C=O) groups is 4. The summed E-state index contributed by atoms with van der Waals surface area (Å²) in [6.07, 6.45) is 3.14. The number of hydrogen-bond donors (Lipinski definition) is 3. The minimum Gasteiger partial charge on any atom is -0.456 e. The molecular formula is C25H31N3O8. The molecule has 0 spiro atoms. The maximum Gasteiger partial charge on any atom is 0.338 e. The zero-order valence-corrected chi connectivity index (χ0v) is 20.3. The number of rotatable bonds is 10. The number of aliphatic hydroxyl groups is 1. The van der Waals surface area contributed by atoms with Gasteiger partial charge in [0.15, 0.2) is 0 Å². The van der Waals surface area contributed by atoms with Crippen molar-refractivity contribution in [2.24, 2.45) is 0 Å². The van der Waals surface area contributed by atoms with Crippen LogP contribution >= 0.6 is 0 Å². The van der Waals surface area contributed by atoms with Gasteiger partial charge in [-0.1, -0.05) is 12.1 Å². The van der Waals surface area contributed by atoms with Crippen molar-refractivity contribution in [3.05, 3.63) is 53.1 Å². The Morgan fingerprint density at radius 2 is 1.86 bits per heavy atom. The summed E-state index contributed by atoms with van der Waals surface area (Å²) in [5.41, 5.74) is 1.44. The summed E-state index contributed by atoms with van der Waals surface area (Å²) >= 11 is 0. The molecule has 194 valence electrons. The Labute approximate surface area is 209 Å². The Hall–Kier alpha value is -3.54. The van der Waals surface area contributed by atoms with Crippen LogP contribution in [-0.2, 0) is 28.6 Å². The van der Waals surface area contributed by atoms with Gasteiger partial charge in [0.25, 0.3) is 0 Å². The predicted molar refractivity (Wildman–Crippen MR) is 128 cm³/mol. The topological polar surface area (TPSA) is 144 Å². The van der Waals surface area contributed by atoms with E-state index in [1.54, 1.807) is 50.5 Å². The molecule has 3 N–H and O–H groups in total. The molecule has 0 saturated carbocycles. The smallest absolute Gasteiger partial charge is 0.338 e. The molecule has 1 aliphatic carbocycles. The van der Waals surface area contributed by atoms with E-state index in [4.69, 9.17) is 19.3 Å². The van der Waals surface area contributed by atoms with Crippen LogP contribution in [0.3, 0.4) is 0 Å². The lowest BCUT2D eigenvalue weighted by Gasteiger charge is -2.30. The number of fused-ring (bicyclic) bond motifs is 1. The first kappa shape index (κ1) is 27.1. The van der Waals surface area contributed by atoms with Crippen molar-refractivity contribution >= 4 is 29.8 Å². The van der Waals surface area contributed by atoms with Gasteiger partial charge in [0.1, 0.15) is 25.1 Å². The lowest BCUT2D eigenvalue weighted by atomic mass is 9.91. The van der Waals surface area contributed by atoms with Crippen LogP contribution in [0.4, 0.5) is 0 Å². The van der Waals surface area contributed by atoms with E-state index in [0.29, 0.717) is 11.1 Å². The van der Waals surface area contributed by atoms with Gasteiger partial charge in [-0.2, -0.15) is 0 Å². The molecule has 3 unspecified atom stereocenters. The predicted octanol–water partition coefficient (Wildman–Crippen LogP) is -0.000200. The van der Waals surface area contributed by atoms with E-state index in [1.165, 1.54) is 11.0 Å². The molecule has 0 aromatic heterocycles. The molecule has 3 amide bonds. The van der Waals surface area contributed by atoms with Crippen LogP contribution in [0.1, 0.15) is 28.8 Å². The molecule has 1 aromatic rings. The average molecular weight is 502 g/mol. The van der Waals surface area contributed by atoms with Crippen LogP contribution in [-0.4, -0.2) is 92.6 Å². The van der Waals surface area contributed by atoms with Crippen molar-refractivity contribution in [3.63, 3.8) is 0 Å². The monoisotopic (exact) mass is 501 g/mol. The Morgan fingerprint density at radius 3 is 2.56 bits per heavy atom. The fourth-order valence-electron chi connectivity index (χ4n) is 3.66. The lowest BCUT2D eigenvalue weighted by Crippen LogP contribution is -2.43. The minimum atomic E-state index is -0.735. The van der Waals surface area contributed by atoms with Crippen LogP contribution in [0.15, 0.2) is 42.0 Å². The van der Waals surface area contributed by atoms with E-state index < -0.39 is 24.3 Å². The summed E-state index contributed by atoms with van der Waals surface area (Å²) in [7, 11) is 3.31. The second kappa shape index (κ2) is 13.0. The summed E-state index contributed by atoms with van der Waals surface area (Å²) in [6, 6.07) is 6.59. The highest BCUT2D eigenvalue weighted by atomic mass is 16.7. The number of amides is 3. The third kappa shape index (κ3) is 7.48. The van der Waals surface area contributed by atoms with Crippen molar-refractivity contribution in [2.75, 3.05) is 40.6 Å². The second-order valence-electron chi connectivity index (χ2n) is 8.49. The zero-order valence-electron chi connectivity index (χ0n) is 20.3. The first-order chi connectivity index (χ1) is 17.3. The normalized spacial score (nSPS) is 20.9. The van der Waals surface area contributed by atoms with Gasteiger partial charge in [-0.15, -0.1) is 0 Å². The summed E-state index contributed by atoms with van der Waals surface area (Å²) < 4.78 is 16.8. The molecule has 2 aliphatic rings. The van der Waals surface area contributed by atoms with E-state index in [1.807, 2.05) is 0 Å². The first-order valence-corrected chi connectivity index (χ1v) is 11.6. The van der Waals surface area contributed by atoms with Gasteiger partial charge >= 0.3 is 5.97 Å². The summed E-state index contributed by atoms with van der Waals surface area (Å²) in [5, 5.41) is 13.9. The number of nitrogens with one attached hydrogen (secondary N) is 2. The van der Waals surface area contributed by atoms with Crippen LogP contribution < -0.4 is 10.6 Å². The van der Waals surface area contributed by atoms with Gasteiger partial charge in [-0.25, -0.2) is 4.79 Å². The molecule has 1 heterocycles. The van der Waals surface area contributed by atoms with Gasteiger partial charge in [-0.05, 0) is 29.8 Å². The van der Waals surface area contributed by atoms with Crippen LogP contribution in [0, 0.1) is 0 Å². The lowest BCUT2D eigenvalue weighted by molar-refractivity contribution is -0.124. The van der Waals surface area contributed by atoms with E-state index >= 15 is 0 Å². The quantitative estimate of drug-likeness (QED) is 0.300. The van der Waals surface area contributed by atoms with Gasteiger partial charge in [0.2, 0.25) is 17.7 Å². The minimum absolute atomic E-state index is 0.0203. The number of ether oxygens (including phenoxy) is 3. The maximum atomic E-state index is 12.8. The number of likely N-dealkylation sites (N-methyl/N-ethyl adjacent to an activating group) is 1. The highest BCUT2D eigenvalue weighted by molar-refractivity contribution is 5.95. The van der Waals surface area contributed by atoms with Gasteiger partial charge in [-0.3, -0.25) is 14.4 Å². The van der Waals surface area contributed by atoms with Gasteiger partial charge < -0.3 is 34.9 Å². The highest BCUT2D eigenvalue weighted by Crippen LogP contribution is 2.30. The average Bonchev–Trinajstić information content (AvgIpc) is 3.35. The molecule has 0 radical (unpaired) electrons. The largest absolute Gasteiger partial charge is 0.456 e. The first-order valence-electron chi connectivity index (χ1n) is 11.6. The molecule has 11 heteroatoms. The Kier molecular flexibility index (Phi) is 9.74. The number of hydrogen-bond acceptors (Lipinski definition) is 8. The molecule has 1 aromatic carbocycles.